The van der Waals surface area contributed by atoms with E-state index in [-0.39, 0.29) is 5.82 Å². The van der Waals surface area contributed by atoms with Crippen molar-refractivity contribution in [3.05, 3.63) is 46.2 Å². The highest BCUT2D eigenvalue weighted by Gasteiger charge is 2.20. The molecule has 0 atom stereocenters. The van der Waals surface area contributed by atoms with Crippen LogP contribution in [0.4, 0.5) is 10.1 Å². The zero-order valence-electron chi connectivity index (χ0n) is 9.98. The molecule has 6 heteroatoms. The van der Waals surface area contributed by atoms with Crippen molar-refractivity contribution in [3.8, 4) is 6.07 Å². The Labute approximate surface area is 118 Å². The summed E-state index contributed by atoms with van der Waals surface area (Å²) in [5.41, 5.74) is 1.91. The molecule has 0 saturated heterocycles. The van der Waals surface area contributed by atoms with Gasteiger partial charge in [-0.15, -0.1) is 0 Å². The Bertz CT molecular complexity index is 674. The molecule has 0 spiro atoms. The summed E-state index contributed by atoms with van der Waals surface area (Å²) in [6.45, 7) is 2.08. The van der Waals surface area contributed by atoms with E-state index < -0.39 is 0 Å². The van der Waals surface area contributed by atoms with E-state index in [0.717, 1.165) is 17.0 Å². The molecular formula is C13H10BrFN4. The third-order valence-corrected chi connectivity index (χ3v) is 3.89. The Morgan fingerprint density at radius 2 is 2.21 bits per heavy atom. The zero-order chi connectivity index (χ0) is 13.4. The van der Waals surface area contributed by atoms with E-state index in [0.29, 0.717) is 24.3 Å². The molecular weight excluding hydrogens is 311 g/mol. The predicted molar refractivity (Wildman–Crippen MR) is 72.1 cm³/mol. The second-order valence-electron chi connectivity index (χ2n) is 4.37. The van der Waals surface area contributed by atoms with E-state index in [4.69, 9.17) is 5.26 Å². The maximum atomic E-state index is 14.0. The number of imidazole rings is 1. The van der Waals surface area contributed by atoms with Crippen LogP contribution in [0.5, 0.6) is 0 Å². The average Bonchev–Trinajstić information content (AvgIpc) is 2.79. The topological polar surface area (TPSA) is 44.9 Å². The van der Waals surface area contributed by atoms with Crippen LogP contribution in [-0.4, -0.2) is 16.1 Å². The smallest absolute Gasteiger partial charge is 0.177 e. The van der Waals surface area contributed by atoms with E-state index in [1.807, 2.05) is 11.0 Å². The molecule has 1 aliphatic rings. The average molecular weight is 321 g/mol. The number of benzene rings is 1. The van der Waals surface area contributed by atoms with Crippen LogP contribution in [0.25, 0.3) is 0 Å². The molecule has 0 bridgehead atoms. The lowest BCUT2D eigenvalue weighted by Crippen LogP contribution is -2.33. The number of hydrogen-bond acceptors (Lipinski definition) is 3. The van der Waals surface area contributed by atoms with Crippen LogP contribution in [0.15, 0.2) is 29.1 Å². The number of hydrogen-bond donors (Lipinski definition) is 0. The lowest BCUT2D eigenvalue weighted by atomic mass is 10.2. The van der Waals surface area contributed by atoms with Gasteiger partial charge in [-0.25, -0.2) is 9.37 Å². The largest absolute Gasteiger partial charge is 0.361 e. The first-order valence-electron chi connectivity index (χ1n) is 5.83. The molecule has 3 rings (SSSR count). The Hall–Kier alpha value is -1.87. The summed E-state index contributed by atoms with van der Waals surface area (Å²) in [5.74, 6) is -0.355. The minimum absolute atomic E-state index is 0.339. The quantitative estimate of drug-likeness (QED) is 0.811. The molecule has 0 N–H and O–H groups in total. The Morgan fingerprint density at radius 1 is 1.37 bits per heavy atom. The van der Waals surface area contributed by atoms with Crippen molar-refractivity contribution in [2.75, 3.05) is 11.4 Å². The van der Waals surface area contributed by atoms with Gasteiger partial charge in [0, 0.05) is 13.1 Å². The number of halogens is 2. The summed E-state index contributed by atoms with van der Waals surface area (Å²) in [4.78, 5) is 6.15. The van der Waals surface area contributed by atoms with E-state index in [1.165, 1.54) is 6.07 Å². The number of anilines is 1. The molecule has 0 fully saturated rings. The van der Waals surface area contributed by atoms with Gasteiger partial charge in [0.2, 0.25) is 0 Å². The van der Waals surface area contributed by atoms with Gasteiger partial charge in [0.05, 0.1) is 35.8 Å². The second-order valence-corrected chi connectivity index (χ2v) is 5.08. The number of nitrogens with zero attached hydrogens (tertiary/aromatic N) is 4. The molecule has 0 radical (unpaired) electrons. The minimum atomic E-state index is -0.355. The van der Waals surface area contributed by atoms with Gasteiger partial charge in [0.15, 0.2) is 4.73 Å². The molecule has 2 aromatic rings. The molecule has 1 aromatic heterocycles. The van der Waals surface area contributed by atoms with E-state index >= 15 is 0 Å². The van der Waals surface area contributed by atoms with Crippen molar-refractivity contribution in [1.82, 2.24) is 9.55 Å². The highest BCUT2D eigenvalue weighted by atomic mass is 79.9. The van der Waals surface area contributed by atoms with Crippen LogP contribution >= 0.6 is 15.9 Å². The first-order chi connectivity index (χ1) is 9.19. The fraction of sp³-hybridized carbons (Fsp3) is 0.231. The first kappa shape index (κ1) is 12.2. The molecule has 0 saturated carbocycles. The number of aromatic nitrogens is 2. The molecule has 4 nitrogen and oxygen atoms in total. The maximum Gasteiger partial charge on any atom is 0.177 e. The van der Waals surface area contributed by atoms with E-state index in [9.17, 15) is 4.39 Å². The van der Waals surface area contributed by atoms with Crippen LogP contribution in [0.2, 0.25) is 0 Å². The third kappa shape index (κ3) is 2.10. The Morgan fingerprint density at radius 3 is 2.95 bits per heavy atom. The summed E-state index contributed by atoms with van der Waals surface area (Å²) in [7, 11) is 0. The Balaban J connectivity index is 1.91. The normalized spacial score (nSPS) is 14.1. The first-order valence-corrected chi connectivity index (χ1v) is 6.63. The minimum Gasteiger partial charge on any atom is -0.361 e. The van der Waals surface area contributed by atoms with Gasteiger partial charge in [-0.05, 0) is 34.1 Å². The lowest BCUT2D eigenvalue weighted by molar-refractivity contribution is 0.546. The van der Waals surface area contributed by atoms with Gasteiger partial charge in [0.1, 0.15) is 5.82 Å². The zero-order valence-corrected chi connectivity index (χ0v) is 11.6. The van der Waals surface area contributed by atoms with Crippen LogP contribution in [0.3, 0.4) is 0 Å². The lowest BCUT2D eigenvalue weighted by Gasteiger charge is -2.30. The fourth-order valence-corrected chi connectivity index (χ4v) is 2.79. The van der Waals surface area contributed by atoms with Crippen LogP contribution in [0, 0.1) is 17.1 Å². The summed E-state index contributed by atoms with van der Waals surface area (Å²) in [5, 5.41) is 8.75. The predicted octanol–water partition coefficient (Wildman–Crippen LogP) is 2.68. The molecule has 19 heavy (non-hydrogen) atoms. The number of fused-ring (bicyclic) bond motifs is 1. The van der Waals surface area contributed by atoms with Crippen molar-refractivity contribution in [1.29, 1.82) is 5.26 Å². The third-order valence-electron chi connectivity index (χ3n) is 3.25. The highest BCUT2D eigenvalue weighted by molar-refractivity contribution is 9.10. The molecule has 1 aromatic carbocycles. The highest BCUT2D eigenvalue weighted by Crippen LogP contribution is 2.26. The summed E-state index contributed by atoms with van der Waals surface area (Å²) < 4.78 is 16.9. The molecule has 2 heterocycles. The van der Waals surface area contributed by atoms with Crippen molar-refractivity contribution in [2.45, 2.75) is 13.1 Å². The maximum absolute atomic E-state index is 14.0. The Kier molecular flexibility index (Phi) is 2.99. The van der Waals surface area contributed by atoms with Gasteiger partial charge in [0.25, 0.3) is 0 Å². The van der Waals surface area contributed by atoms with Gasteiger partial charge >= 0.3 is 0 Å². The van der Waals surface area contributed by atoms with Crippen LogP contribution in [-0.2, 0) is 13.1 Å². The standard InChI is InChI=1S/C13H10BrFN4/c14-13-17-7-10-8-18(3-4-19(10)13)12-2-1-9(6-16)5-11(12)15/h1-2,5,7H,3-4,8H2. The molecule has 96 valence electrons. The number of nitriles is 1. The fourth-order valence-electron chi connectivity index (χ4n) is 2.28. The van der Waals surface area contributed by atoms with Crippen molar-refractivity contribution < 1.29 is 4.39 Å². The van der Waals surface area contributed by atoms with Gasteiger partial charge in [-0.1, -0.05) is 0 Å². The second kappa shape index (κ2) is 4.67. The van der Waals surface area contributed by atoms with Crippen molar-refractivity contribution >= 4 is 21.6 Å². The van der Waals surface area contributed by atoms with E-state index in [2.05, 4.69) is 25.5 Å². The van der Waals surface area contributed by atoms with E-state index in [1.54, 1.807) is 18.3 Å². The van der Waals surface area contributed by atoms with Crippen molar-refractivity contribution in [3.63, 3.8) is 0 Å². The summed E-state index contributed by atoms with van der Waals surface area (Å²) in [6, 6.07) is 6.51. The van der Waals surface area contributed by atoms with Crippen molar-refractivity contribution in [2.24, 2.45) is 0 Å². The molecule has 1 aliphatic heterocycles. The summed E-state index contributed by atoms with van der Waals surface area (Å²) in [6.07, 6.45) is 1.79. The summed E-state index contributed by atoms with van der Waals surface area (Å²) >= 11 is 3.38. The van der Waals surface area contributed by atoms with Crippen LogP contribution in [0.1, 0.15) is 11.3 Å². The molecule has 0 aliphatic carbocycles. The van der Waals surface area contributed by atoms with Gasteiger partial charge in [-0.3, -0.25) is 0 Å². The van der Waals surface area contributed by atoms with Gasteiger partial charge in [-0.2, -0.15) is 5.26 Å². The molecule has 0 unspecified atom stereocenters. The van der Waals surface area contributed by atoms with Gasteiger partial charge < -0.3 is 9.47 Å². The monoisotopic (exact) mass is 320 g/mol. The molecule has 0 amide bonds. The van der Waals surface area contributed by atoms with Crippen LogP contribution < -0.4 is 4.90 Å². The number of rotatable bonds is 1. The SMILES string of the molecule is N#Cc1ccc(N2CCn3c(cnc3Br)C2)c(F)c1.